The lowest BCUT2D eigenvalue weighted by Gasteiger charge is -2.23. The first-order valence-electron chi connectivity index (χ1n) is 8.89. The molecule has 0 bridgehead atoms. The van der Waals surface area contributed by atoms with E-state index in [0.29, 0.717) is 0 Å². The van der Waals surface area contributed by atoms with Gasteiger partial charge in [0.15, 0.2) is 0 Å². The number of hydrogen-bond acceptors (Lipinski definition) is 3. The van der Waals surface area contributed by atoms with Crippen LogP contribution >= 0.6 is 0 Å². The monoisotopic (exact) mass is 390 g/mol. The molecule has 0 radical (unpaired) electrons. The number of benzene rings is 2. The minimum atomic E-state index is -3.81. The third-order valence-corrected chi connectivity index (χ3v) is 5.94. The summed E-state index contributed by atoms with van der Waals surface area (Å²) in [7, 11) is -3.81. The molecule has 0 aliphatic heterocycles. The number of fused-ring (bicyclic) bond motifs is 1. The Labute approximate surface area is 159 Å². The van der Waals surface area contributed by atoms with Crippen molar-refractivity contribution in [3.8, 4) is 0 Å². The second-order valence-electron chi connectivity index (χ2n) is 6.89. The summed E-state index contributed by atoms with van der Waals surface area (Å²) < 4.78 is 39.0. The first-order chi connectivity index (χ1) is 12.8. The second kappa shape index (κ2) is 7.68. The number of anilines is 1. The lowest BCUT2D eigenvalue weighted by atomic mass is 10.0. The van der Waals surface area contributed by atoms with Crippen LogP contribution in [0.1, 0.15) is 36.1 Å². The highest BCUT2D eigenvalue weighted by Gasteiger charge is 2.24. The van der Waals surface area contributed by atoms with Gasteiger partial charge in [-0.3, -0.25) is 9.10 Å². The molecule has 0 spiro atoms. The smallest absolute Gasteiger partial charge is 0.241 e. The van der Waals surface area contributed by atoms with Crippen LogP contribution in [-0.2, 0) is 27.7 Å². The summed E-state index contributed by atoms with van der Waals surface area (Å²) in [5.41, 5.74) is 3.49. The van der Waals surface area contributed by atoms with Crippen molar-refractivity contribution >= 4 is 21.6 Å². The van der Waals surface area contributed by atoms with Crippen molar-refractivity contribution in [2.75, 3.05) is 17.1 Å². The summed E-state index contributed by atoms with van der Waals surface area (Å²) in [5, 5.41) is 2.81. The van der Waals surface area contributed by atoms with Gasteiger partial charge in [0.1, 0.15) is 12.4 Å². The summed E-state index contributed by atoms with van der Waals surface area (Å²) in [6.45, 7) is 1.37. The Kier molecular flexibility index (Phi) is 5.51. The molecule has 1 aliphatic rings. The molecule has 1 atom stereocenters. The number of carbonyl (C=O) groups is 1. The van der Waals surface area contributed by atoms with Gasteiger partial charge in [-0.05, 0) is 55.0 Å². The van der Waals surface area contributed by atoms with Crippen molar-refractivity contribution in [2.45, 2.75) is 32.2 Å². The van der Waals surface area contributed by atoms with E-state index in [1.54, 1.807) is 0 Å². The van der Waals surface area contributed by atoms with Crippen LogP contribution in [0, 0.1) is 5.82 Å². The first-order valence-corrected chi connectivity index (χ1v) is 10.7. The van der Waals surface area contributed by atoms with Crippen molar-refractivity contribution < 1.29 is 17.6 Å². The van der Waals surface area contributed by atoms with Gasteiger partial charge in [-0.15, -0.1) is 0 Å². The van der Waals surface area contributed by atoms with E-state index in [4.69, 9.17) is 0 Å². The second-order valence-corrected chi connectivity index (χ2v) is 8.80. The van der Waals surface area contributed by atoms with E-state index >= 15 is 0 Å². The molecular formula is C20H23FN2O3S. The van der Waals surface area contributed by atoms with E-state index in [9.17, 15) is 17.6 Å². The number of sulfonamides is 1. The minimum absolute atomic E-state index is 0.139. The van der Waals surface area contributed by atoms with Crippen LogP contribution in [0.2, 0.25) is 0 Å². The minimum Gasteiger partial charge on any atom is -0.348 e. The Morgan fingerprint density at radius 2 is 1.89 bits per heavy atom. The maximum Gasteiger partial charge on any atom is 0.241 e. The zero-order valence-electron chi connectivity index (χ0n) is 15.4. The summed E-state index contributed by atoms with van der Waals surface area (Å²) >= 11 is 0. The van der Waals surface area contributed by atoms with E-state index < -0.39 is 28.3 Å². The number of carbonyl (C=O) groups excluding carboxylic acids is 1. The number of halogens is 1. The van der Waals surface area contributed by atoms with Gasteiger partial charge < -0.3 is 5.32 Å². The van der Waals surface area contributed by atoms with Crippen LogP contribution < -0.4 is 9.62 Å². The number of amides is 1. The van der Waals surface area contributed by atoms with Gasteiger partial charge in [-0.25, -0.2) is 12.8 Å². The Morgan fingerprint density at radius 3 is 2.59 bits per heavy atom. The third kappa shape index (κ3) is 4.47. The fourth-order valence-corrected chi connectivity index (χ4v) is 4.25. The maximum absolute atomic E-state index is 14.0. The molecule has 7 heteroatoms. The topological polar surface area (TPSA) is 66.5 Å². The van der Waals surface area contributed by atoms with Gasteiger partial charge in [0.2, 0.25) is 15.9 Å². The Bertz CT molecular complexity index is 959. The normalized spacial score (nSPS) is 14.5. The van der Waals surface area contributed by atoms with E-state index in [1.807, 2.05) is 13.0 Å². The quantitative estimate of drug-likeness (QED) is 0.825. The molecule has 1 N–H and O–H groups in total. The van der Waals surface area contributed by atoms with Crippen molar-refractivity contribution in [1.82, 2.24) is 5.32 Å². The van der Waals surface area contributed by atoms with Crippen LogP contribution in [0.5, 0.6) is 0 Å². The van der Waals surface area contributed by atoms with Crippen LogP contribution in [0.15, 0.2) is 42.5 Å². The van der Waals surface area contributed by atoms with Crippen LogP contribution in [0.4, 0.5) is 10.1 Å². The van der Waals surface area contributed by atoms with Gasteiger partial charge in [-0.1, -0.05) is 30.3 Å². The number of nitrogens with zero attached hydrogens (tertiary/aromatic N) is 1. The highest BCUT2D eigenvalue weighted by Crippen LogP contribution is 2.26. The molecule has 27 heavy (non-hydrogen) atoms. The average Bonchev–Trinajstić information content (AvgIpc) is 3.07. The molecule has 0 heterocycles. The molecule has 1 aliphatic carbocycles. The number of nitrogens with one attached hydrogen (secondary N) is 1. The van der Waals surface area contributed by atoms with Gasteiger partial charge in [0.05, 0.1) is 18.0 Å². The van der Waals surface area contributed by atoms with Gasteiger partial charge in [-0.2, -0.15) is 0 Å². The molecule has 0 saturated heterocycles. The Hall–Kier alpha value is -2.41. The summed E-state index contributed by atoms with van der Waals surface area (Å²) in [6.07, 6.45) is 4.23. The lowest BCUT2D eigenvalue weighted by Crippen LogP contribution is -2.41. The van der Waals surface area contributed by atoms with Crippen LogP contribution in [0.3, 0.4) is 0 Å². The molecule has 2 aromatic carbocycles. The maximum atomic E-state index is 14.0. The summed E-state index contributed by atoms with van der Waals surface area (Å²) in [5.74, 6) is -1.18. The molecular weight excluding hydrogens is 367 g/mol. The van der Waals surface area contributed by atoms with Crippen molar-refractivity contribution in [3.05, 3.63) is 65.0 Å². The number of rotatable bonds is 6. The number of para-hydroxylation sites is 1. The van der Waals surface area contributed by atoms with Gasteiger partial charge in [0.25, 0.3) is 0 Å². The number of hydrogen-bond donors (Lipinski definition) is 1. The highest BCUT2D eigenvalue weighted by atomic mass is 32.2. The standard InChI is InChI=1S/C20H23FN2O3S/c1-14(16-11-10-15-6-5-7-17(15)12-16)22-20(24)13-23(27(2,25)26)19-9-4-3-8-18(19)21/h3-4,8-12,14H,5-7,13H2,1-2H3,(H,22,24)/t14-/m1/s1. The van der Waals surface area contributed by atoms with E-state index in [2.05, 4.69) is 17.4 Å². The summed E-state index contributed by atoms with van der Waals surface area (Å²) in [6, 6.07) is 11.4. The predicted molar refractivity (Wildman–Crippen MR) is 104 cm³/mol. The van der Waals surface area contributed by atoms with Crippen molar-refractivity contribution in [3.63, 3.8) is 0 Å². The van der Waals surface area contributed by atoms with E-state index in [1.165, 1.54) is 35.4 Å². The van der Waals surface area contributed by atoms with E-state index in [0.717, 1.165) is 35.4 Å². The van der Waals surface area contributed by atoms with Crippen molar-refractivity contribution in [2.24, 2.45) is 0 Å². The van der Waals surface area contributed by atoms with E-state index in [-0.39, 0.29) is 11.7 Å². The number of aryl methyl sites for hydroxylation is 2. The average molecular weight is 390 g/mol. The molecule has 2 aromatic rings. The predicted octanol–water partition coefficient (Wildman–Crippen LogP) is 2.96. The molecule has 1 amide bonds. The molecule has 0 unspecified atom stereocenters. The Balaban J connectivity index is 1.74. The van der Waals surface area contributed by atoms with Crippen LogP contribution in [0.25, 0.3) is 0 Å². The first kappa shape index (κ1) is 19.4. The molecule has 0 aromatic heterocycles. The largest absolute Gasteiger partial charge is 0.348 e. The zero-order chi connectivity index (χ0) is 19.6. The zero-order valence-corrected chi connectivity index (χ0v) is 16.2. The SMILES string of the molecule is C[C@@H](NC(=O)CN(c1ccccc1F)S(C)(=O)=O)c1ccc2c(c1)CCC2. The molecule has 144 valence electrons. The molecule has 0 fully saturated rings. The van der Waals surface area contributed by atoms with Crippen molar-refractivity contribution in [1.29, 1.82) is 0 Å². The molecule has 5 nitrogen and oxygen atoms in total. The Morgan fingerprint density at radius 1 is 1.19 bits per heavy atom. The fourth-order valence-electron chi connectivity index (χ4n) is 3.40. The molecule has 3 rings (SSSR count). The molecule has 0 saturated carbocycles. The highest BCUT2D eigenvalue weighted by molar-refractivity contribution is 7.92. The fraction of sp³-hybridized carbons (Fsp3) is 0.350. The third-order valence-electron chi connectivity index (χ3n) is 4.81. The van der Waals surface area contributed by atoms with Gasteiger partial charge >= 0.3 is 0 Å². The van der Waals surface area contributed by atoms with Gasteiger partial charge in [0, 0.05) is 0 Å². The van der Waals surface area contributed by atoms with Crippen LogP contribution in [-0.4, -0.2) is 27.1 Å². The lowest BCUT2D eigenvalue weighted by molar-refractivity contribution is -0.120. The summed E-state index contributed by atoms with van der Waals surface area (Å²) in [4.78, 5) is 12.5.